The maximum atomic E-state index is 11.8. The first-order chi connectivity index (χ1) is 11.9. The molecule has 1 fully saturated rings. The number of halogens is 3. The van der Waals surface area contributed by atoms with Gasteiger partial charge in [-0.05, 0) is 52.0 Å². The van der Waals surface area contributed by atoms with Crippen LogP contribution in [0.25, 0.3) is 0 Å². The van der Waals surface area contributed by atoms with Crippen LogP contribution in [0, 0.1) is 12.8 Å². The van der Waals surface area contributed by atoms with E-state index in [2.05, 4.69) is 13.8 Å². The number of benzene rings is 1. The third-order valence-electron chi connectivity index (χ3n) is 4.16. The Balaban J connectivity index is 0.000000419. The summed E-state index contributed by atoms with van der Waals surface area (Å²) >= 11 is 0. The Bertz CT molecular complexity index is 509. The zero-order chi connectivity index (χ0) is 20.4. The minimum absolute atomic E-state index is 0.218. The topological polar surface area (TPSA) is 37.3 Å². The molecule has 1 aromatic carbocycles. The number of carbonyl (C=O) groups excluding carboxylic acids is 1. The molecule has 0 saturated heterocycles. The lowest BCUT2D eigenvalue weighted by molar-refractivity contribution is -0.127. The number of alkyl halides is 3. The number of ketones is 1. The van der Waals surface area contributed by atoms with Crippen LogP contribution in [-0.4, -0.2) is 22.7 Å². The molecule has 0 unspecified atom stereocenters. The Morgan fingerprint density at radius 3 is 1.92 bits per heavy atom. The highest BCUT2D eigenvalue weighted by molar-refractivity contribution is 5.78. The van der Waals surface area contributed by atoms with Crippen LogP contribution in [-0.2, 0) is 11.2 Å². The molecule has 0 amide bonds. The van der Waals surface area contributed by atoms with Crippen molar-refractivity contribution in [3.05, 3.63) is 35.4 Å². The fraction of sp³-hybridized carbons (Fsp3) is 0.667. The van der Waals surface area contributed by atoms with Gasteiger partial charge < -0.3 is 5.11 Å². The van der Waals surface area contributed by atoms with E-state index in [1.165, 1.54) is 18.6 Å². The normalized spacial score (nSPS) is 22.4. The quantitative estimate of drug-likeness (QED) is 0.686. The lowest BCUT2D eigenvalue weighted by atomic mass is 9.78. The summed E-state index contributed by atoms with van der Waals surface area (Å²) in [6.45, 7) is 9.59. The second-order valence-corrected chi connectivity index (χ2v) is 7.37. The van der Waals surface area contributed by atoms with Gasteiger partial charge in [0.25, 0.3) is 0 Å². The van der Waals surface area contributed by atoms with Gasteiger partial charge in [-0.1, -0.05) is 50.1 Å². The maximum absolute atomic E-state index is 11.8. The number of rotatable bonds is 2. The smallest absolute Gasteiger partial charge is 0.390 e. The number of Topliss-reactive ketones (excluding diaryl/α,β-unsaturated/α-hetero) is 1. The number of carbonyl (C=O) groups is 1. The van der Waals surface area contributed by atoms with E-state index in [0.717, 1.165) is 31.2 Å². The molecule has 0 aliphatic heterocycles. The van der Waals surface area contributed by atoms with E-state index in [-0.39, 0.29) is 11.7 Å². The summed E-state index contributed by atoms with van der Waals surface area (Å²) in [6.07, 6.45) is -0.415. The van der Waals surface area contributed by atoms with E-state index in [0.29, 0.717) is 5.56 Å². The van der Waals surface area contributed by atoms with E-state index in [4.69, 9.17) is 0 Å². The first kappa shape index (κ1) is 24.6. The average Bonchev–Trinajstić information content (AvgIpc) is 2.49. The first-order valence-corrected chi connectivity index (χ1v) is 9.25. The van der Waals surface area contributed by atoms with Gasteiger partial charge in [-0.2, -0.15) is 13.2 Å². The largest absolute Gasteiger partial charge is 0.393 e. The van der Waals surface area contributed by atoms with Crippen molar-refractivity contribution in [1.82, 2.24) is 0 Å². The van der Waals surface area contributed by atoms with Crippen LogP contribution >= 0.6 is 0 Å². The molecular formula is C21H33F3O2. The van der Waals surface area contributed by atoms with Gasteiger partial charge in [0, 0.05) is 5.92 Å². The average molecular weight is 374 g/mol. The molecule has 150 valence electrons. The van der Waals surface area contributed by atoms with Crippen molar-refractivity contribution < 1.29 is 23.1 Å². The van der Waals surface area contributed by atoms with E-state index in [1.807, 2.05) is 13.8 Å². The van der Waals surface area contributed by atoms with E-state index in [1.54, 1.807) is 19.1 Å². The summed E-state index contributed by atoms with van der Waals surface area (Å²) in [5, 5.41) is 9.56. The zero-order valence-electron chi connectivity index (χ0n) is 16.6. The van der Waals surface area contributed by atoms with Crippen LogP contribution in [0.3, 0.4) is 0 Å². The minimum atomic E-state index is -4.10. The van der Waals surface area contributed by atoms with Crippen LogP contribution in [0.2, 0.25) is 0 Å². The minimum Gasteiger partial charge on any atom is -0.390 e. The molecule has 2 rings (SSSR count). The third-order valence-corrected chi connectivity index (χ3v) is 4.16. The molecule has 0 aromatic heterocycles. The molecule has 0 heterocycles. The van der Waals surface area contributed by atoms with Crippen LogP contribution in [0.4, 0.5) is 13.2 Å². The van der Waals surface area contributed by atoms with Gasteiger partial charge in [-0.3, -0.25) is 4.79 Å². The Labute approximate surface area is 155 Å². The van der Waals surface area contributed by atoms with Gasteiger partial charge in [0.15, 0.2) is 0 Å². The summed E-state index contributed by atoms with van der Waals surface area (Å²) in [4.78, 5) is 10.9. The van der Waals surface area contributed by atoms with Gasteiger partial charge in [-0.15, -0.1) is 0 Å². The molecule has 26 heavy (non-hydrogen) atoms. The van der Waals surface area contributed by atoms with Gasteiger partial charge in [0.05, 0.1) is 12.0 Å². The van der Waals surface area contributed by atoms with E-state index in [9.17, 15) is 23.1 Å². The van der Waals surface area contributed by atoms with Gasteiger partial charge in [0.2, 0.25) is 0 Å². The molecule has 0 bridgehead atoms. The van der Waals surface area contributed by atoms with Crippen LogP contribution in [0.1, 0.15) is 70.9 Å². The van der Waals surface area contributed by atoms with E-state index >= 15 is 0 Å². The summed E-state index contributed by atoms with van der Waals surface area (Å²) in [5.41, 5.74) is 0.778. The Morgan fingerprint density at radius 1 is 1.15 bits per heavy atom. The molecule has 1 N–H and O–H groups in total. The summed E-state index contributed by atoms with van der Waals surface area (Å²) in [6, 6.07) is 6.37. The molecule has 0 atom stereocenters. The zero-order valence-corrected chi connectivity index (χ0v) is 16.6. The monoisotopic (exact) mass is 374 g/mol. The van der Waals surface area contributed by atoms with Crippen molar-refractivity contribution in [3.8, 4) is 0 Å². The van der Waals surface area contributed by atoms with Crippen molar-refractivity contribution in [1.29, 1.82) is 0 Å². The SMILES string of the molecule is CC(=O)C1CCC(C)(O)CC1.CCC.Cc1ccc(CC(F)(F)F)cc1. The molecule has 1 aliphatic carbocycles. The third kappa shape index (κ3) is 12.1. The Hall–Kier alpha value is -1.36. The van der Waals surface area contributed by atoms with Crippen LogP contribution < -0.4 is 0 Å². The fourth-order valence-electron chi connectivity index (χ4n) is 2.58. The van der Waals surface area contributed by atoms with Crippen molar-refractivity contribution >= 4 is 5.78 Å². The van der Waals surface area contributed by atoms with Crippen LogP contribution in [0.15, 0.2) is 24.3 Å². The lowest BCUT2D eigenvalue weighted by Gasteiger charge is -2.31. The molecule has 0 radical (unpaired) electrons. The number of hydrogen-bond acceptors (Lipinski definition) is 2. The highest BCUT2D eigenvalue weighted by atomic mass is 19.4. The van der Waals surface area contributed by atoms with Gasteiger partial charge >= 0.3 is 6.18 Å². The van der Waals surface area contributed by atoms with Crippen molar-refractivity contribution in [2.45, 2.75) is 84.9 Å². The second kappa shape index (κ2) is 11.4. The summed E-state index contributed by atoms with van der Waals surface area (Å²) in [7, 11) is 0. The summed E-state index contributed by atoms with van der Waals surface area (Å²) in [5.74, 6) is 0.496. The van der Waals surface area contributed by atoms with E-state index < -0.39 is 18.2 Å². The van der Waals surface area contributed by atoms with Crippen molar-refractivity contribution in [2.24, 2.45) is 5.92 Å². The highest BCUT2D eigenvalue weighted by Crippen LogP contribution is 2.31. The summed E-state index contributed by atoms with van der Waals surface area (Å²) < 4.78 is 35.5. The molecule has 0 spiro atoms. The number of aryl methyl sites for hydroxylation is 1. The molecule has 5 heteroatoms. The van der Waals surface area contributed by atoms with Gasteiger partial charge in [0.1, 0.15) is 5.78 Å². The molecule has 2 nitrogen and oxygen atoms in total. The highest BCUT2D eigenvalue weighted by Gasteiger charge is 2.30. The maximum Gasteiger partial charge on any atom is 0.393 e. The van der Waals surface area contributed by atoms with Crippen molar-refractivity contribution in [2.75, 3.05) is 0 Å². The van der Waals surface area contributed by atoms with Gasteiger partial charge in [-0.25, -0.2) is 0 Å². The lowest BCUT2D eigenvalue weighted by Crippen LogP contribution is -2.32. The second-order valence-electron chi connectivity index (χ2n) is 7.37. The molecule has 1 aliphatic rings. The standard InChI is InChI=1S/C9H9F3.C9H16O2.C3H8/c1-7-2-4-8(5-3-7)6-9(10,11)12;1-7(10)8-3-5-9(2,11)6-4-8;1-3-2/h2-5H,6H2,1H3;8,11H,3-6H2,1-2H3;3H2,1-2H3. The molecule has 1 aromatic rings. The van der Waals surface area contributed by atoms with Crippen LogP contribution in [0.5, 0.6) is 0 Å². The predicted octanol–water partition coefficient (Wildman–Crippen LogP) is 6.03. The first-order valence-electron chi connectivity index (χ1n) is 9.25. The Kier molecular flexibility index (Phi) is 10.8. The predicted molar refractivity (Wildman–Crippen MR) is 100 cm³/mol. The Morgan fingerprint density at radius 2 is 1.58 bits per heavy atom. The number of hydrogen-bond donors (Lipinski definition) is 1. The molecular weight excluding hydrogens is 341 g/mol. The van der Waals surface area contributed by atoms with Crippen molar-refractivity contribution in [3.63, 3.8) is 0 Å². The molecule has 1 saturated carbocycles. The number of aliphatic hydroxyl groups is 1. The fourth-order valence-corrected chi connectivity index (χ4v) is 2.58.